The van der Waals surface area contributed by atoms with Crippen LogP contribution in [0.25, 0.3) is 0 Å². The summed E-state index contributed by atoms with van der Waals surface area (Å²) in [7, 11) is 0. The molecule has 4 aliphatic heterocycles. The number of aromatic nitrogens is 1. The van der Waals surface area contributed by atoms with Crippen molar-refractivity contribution < 1.29 is 43.5 Å². The first-order valence-corrected chi connectivity index (χ1v) is 19.4. The average molecular weight is 765 g/mol. The SMILES string of the molecule is CC1=C(C(=O)O)N2C(=O)[C@@H](NC(=O)[C@H](N)C3=CCC=CC3)[C@H]2SC1.O=C(Cc1cccs1)N[C@@H]1C(=O)N2C(C(=O)[O-])=C(C[n+]3ccccc3)CS[C@H]12. The Morgan fingerprint density at radius 2 is 1.65 bits per heavy atom. The number of carbonyl (C=O) groups excluding carboxylic acids is 5. The minimum absolute atomic E-state index is 0.0265. The number of carboxylic acid groups (broad SMARTS) is 2. The second-order valence-electron chi connectivity index (χ2n) is 12.5. The number of carboxylic acids is 2. The molecule has 1 aliphatic carbocycles. The lowest BCUT2D eigenvalue weighted by Gasteiger charge is -2.50. The van der Waals surface area contributed by atoms with Crippen LogP contribution in [0.3, 0.4) is 0 Å². The van der Waals surface area contributed by atoms with Gasteiger partial charge in [0.05, 0.1) is 18.1 Å². The van der Waals surface area contributed by atoms with Crippen LogP contribution in [0.1, 0.15) is 24.6 Å². The molecule has 14 nitrogen and oxygen atoms in total. The van der Waals surface area contributed by atoms with E-state index in [0.29, 0.717) is 35.6 Å². The summed E-state index contributed by atoms with van der Waals surface area (Å²) in [5.74, 6) is -2.97. The van der Waals surface area contributed by atoms with Gasteiger partial charge in [0.2, 0.25) is 11.8 Å². The topological polar surface area (TPSA) is 206 Å². The Morgan fingerprint density at radius 1 is 0.981 bits per heavy atom. The van der Waals surface area contributed by atoms with Crippen LogP contribution in [-0.4, -0.2) is 90.9 Å². The van der Waals surface area contributed by atoms with Crippen molar-refractivity contribution in [1.82, 2.24) is 20.4 Å². The summed E-state index contributed by atoms with van der Waals surface area (Å²) >= 11 is 4.38. The fourth-order valence-corrected chi connectivity index (χ4v) is 9.74. The van der Waals surface area contributed by atoms with Gasteiger partial charge in [0.25, 0.3) is 11.8 Å². The predicted octanol–water partition coefficient (Wildman–Crippen LogP) is 0.0308. The van der Waals surface area contributed by atoms with Gasteiger partial charge >= 0.3 is 5.97 Å². The zero-order valence-electron chi connectivity index (χ0n) is 27.9. The summed E-state index contributed by atoms with van der Waals surface area (Å²) in [6.45, 7) is 2.06. The number of thioether (sulfide) groups is 2. The van der Waals surface area contributed by atoms with E-state index in [-0.39, 0.29) is 29.1 Å². The molecule has 5 N–H and O–H groups in total. The van der Waals surface area contributed by atoms with Crippen LogP contribution >= 0.6 is 34.9 Å². The van der Waals surface area contributed by atoms with E-state index in [1.807, 2.05) is 70.9 Å². The highest BCUT2D eigenvalue weighted by molar-refractivity contribution is 8.00. The number of β-lactam (4-membered cyclic amide) rings is 2. The van der Waals surface area contributed by atoms with E-state index in [1.165, 1.54) is 44.7 Å². The van der Waals surface area contributed by atoms with E-state index in [0.717, 1.165) is 16.9 Å². The summed E-state index contributed by atoms with van der Waals surface area (Å²) < 4.78 is 1.85. The Bertz CT molecular complexity index is 1910. The van der Waals surface area contributed by atoms with Gasteiger partial charge < -0.3 is 31.4 Å². The normalized spacial score (nSPS) is 23.9. The molecule has 7 rings (SSSR count). The first-order valence-electron chi connectivity index (χ1n) is 16.4. The number of nitrogens with one attached hydrogen (secondary N) is 2. The smallest absolute Gasteiger partial charge is 0.352 e. The molecule has 2 saturated heterocycles. The van der Waals surface area contributed by atoms with Gasteiger partial charge in [-0.25, -0.2) is 9.36 Å². The van der Waals surface area contributed by atoms with E-state index in [2.05, 4.69) is 10.6 Å². The van der Waals surface area contributed by atoms with Crippen LogP contribution in [-0.2, 0) is 41.7 Å². The molecule has 52 heavy (non-hydrogen) atoms. The van der Waals surface area contributed by atoms with Crippen molar-refractivity contribution in [3.63, 3.8) is 0 Å². The fraction of sp³-hybridized carbons (Fsp3) is 0.343. The second kappa shape index (κ2) is 15.9. The molecular weight excluding hydrogens is 729 g/mol. The van der Waals surface area contributed by atoms with Gasteiger partial charge in [-0.15, -0.1) is 34.9 Å². The van der Waals surface area contributed by atoms with Crippen molar-refractivity contribution in [2.45, 2.75) is 61.6 Å². The molecule has 2 aromatic heterocycles. The quantitative estimate of drug-likeness (QED) is 0.144. The number of pyridine rings is 1. The van der Waals surface area contributed by atoms with Gasteiger partial charge in [0.1, 0.15) is 34.6 Å². The molecule has 0 aromatic carbocycles. The monoisotopic (exact) mass is 764 g/mol. The van der Waals surface area contributed by atoms with E-state index in [1.54, 1.807) is 6.92 Å². The minimum Gasteiger partial charge on any atom is -0.543 e. The number of hydrogen-bond donors (Lipinski definition) is 4. The number of hydrogen-bond acceptors (Lipinski definition) is 11. The molecule has 272 valence electrons. The highest BCUT2D eigenvalue weighted by Crippen LogP contribution is 2.41. The maximum atomic E-state index is 12.6. The van der Waals surface area contributed by atoms with Gasteiger partial charge in [-0.3, -0.25) is 29.0 Å². The number of fused-ring (bicyclic) bond motifs is 2. The first-order chi connectivity index (χ1) is 25.0. The first kappa shape index (κ1) is 37.1. The van der Waals surface area contributed by atoms with E-state index in [9.17, 15) is 39.0 Å². The highest BCUT2D eigenvalue weighted by Gasteiger charge is 2.54. The minimum atomic E-state index is -1.37. The molecular formula is C35H36N6O8S3. The highest BCUT2D eigenvalue weighted by atomic mass is 32.2. The lowest BCUT2D eigenvalue weighted by Crippen LogP contribution is -2.71. The zero-order chi connectivity index (χ0) is 37.1. The standard InChI is InChI=1S/C19H17N3O4S2.C16H19N3O4S/c23-14(9-13-5-4-8-27-13)20-15-17(24)22-16(19(25)26)12(11-28-18(15)22)10-21-6-2-1-3-7-21;1-8-7-24-15-11(14(21)19(15)12(8)16(22)23)18-13(20)10(17)9-5-3-2-4-6-9/h1-8,15,18H,9-11H2,(H-,20,23,25,26);2-3,6,10-11,15H,4-5,7,17H2,1H3,(H,18,20)(H,22,23)/t15-,18-;10-,11-,15-/m11/s1. The van der Waals surface area contributed by atoms with Crippen LogP contribution in [0.4, 0.5) is 0 Å². The molecule has 0 unspecified atom stereocenters. The van der Waals surface area contributed by atoms with Crippen LogP contribution in [0, 0.1) is 0 Å². The molecule has 2 fully saturated rings. The maximum absolute atomic E-state index is 12.6. The maximum Gasteiger partial charge on any atom is 0.352 e. The largest absolute Gasteiger partial charge is 0.543 e. The number of amides is 4. The summed E-state index contributed by atoms with van der Waals surface area (Å²) in [5, 5.41) is 27.6. The molecule has 17 heteroatoms. The van der Waals surface area contributed by atoms with E-state index in [4.69, 9.17) is 5.73 Å². The summed E-state index contributed by atoms with van der Waals surface area (Å²) in [6.07, 6.45) is 11.1. The number of nitrogens with zero attached hydrogens (tertiary/aromatic N) is 3. The molecule has 0 radical (unpaired) electrons. The Labute approximate surface area is 311 Å². The molecule has 6 heterocycles. The number of allylic oxidation sites excluding steroid dienone is 3. The average Bonchev–Trinajstić information content (AvgIpc) is 3.66. The van der Waals surface area contributed by atoms with Crippen molar-refractivity contribution in [3.05, 3.63) is 99.3 Å². The lowest BCUT2D eigenvalue weighted by molar-refractivity contribution is -0.689. The van der Waals surface area contributed by atoms with Gasteiger partial charge in [0.15, 0.2) is 18.9 Å². The lowest BCUT2D eigenvalue weighted by atomic mass is 9.97. The number of thiophene rings is 1. The van der Waals surface area contributed by atoms with Crippen LogP contribution in [0.2, 0.25) is 0 Å². The third kappa shape index (κ3) is 7.58. The van der Waals surface area contributed by atoms with Crippen molar-refractivity contribution >= 4 is 70.4 Å². The molecule has 0 saturated carbocycles. The van der Waals surface area contributed by atoms with Crippen molar-refractivity contribution in [2.24, 2.45) is 5.73 Å². The van der Waals surface area contributed by atoms with Crippen molar-refractivity contribution in [3.8, 4) is 0 Å². The van der Waals surface area contributed by atoms with Gasteiger partial charge in [-0.2, -0.15) is 0 Å². The zero-order valence-corrected chi connectivity index (χ0v) is 30.4. The summed E-state index contributed by atoms with van der Waals surface area (Å²) in [5.41, 5.74) is 8.03. The number of rotatable bonds is 10. The molecule has 0 bridgehead atoms. The summed E-state index contributed by atoms with van der Waals surface area (Å²) in [4.78, 5) is 76.0. The van der Waals surface area contributed by atoms with Gasteiger partial charge in [-0.1, -0.05) is 30.4 Å². The van der Waals surface area contributed by atoms with Crippen molar-refractivity contribution in [2.75, 3.05) is 11.5 Å². The molecule has 5 aliphatic rings. The fourth-order valence-electron chi connectivity index (χ4n) is 6.41. The van der Waals surface area contributed by atoms with Crippen LogP contribution in [0.5, 0.6) is 0 Å². The Morgan fingerprint density at radius 3 is 2.27 bits per heavy atom. The second-order valence-corrected chi connectivity index (χ2v) is 15.7. The summed E-state index contributed by atoms with van der Waals surface area (Å²) in [6, 6.07) is 7.08. The van der Waals surface area contributed by atoms with Crippen LogP contribution in [0.15, 0.2) is 94.4 Å². The molecule has 2 aromatic rings. The Kier molecular flexibility index (Phi) is 11.3. The third-order valence-electron chi connectivity index (χ3n) is 9.00. The van der Waals surface area contributed by atoms with Gasteiger partial charge in [0, 0.05) is 34.1 Å². The number of aliphatic carboxylic acids is 2. The Hall–Kier alpha value is -4.71. The van der Waals surface area contributed by atoms with E-state index < -0.39 is 53.2 Å². The molecule has 0 spiro atoms. The number of nitrogens with two attached hydrogens (primary N) is 1. The number of carbonyl (C=O) groups is 6. The third-order valence-corrected chi connectivity index (χ3v) is 12.6. The molecule has 4 amide bonds. The predicted molar refractivity (Wildman–Crippen MR) is 192 cm³/mol. The van der Waals surface area contributed by atoms with Crippen LogP contribution < -0.4 is 26.0 Å². The van der Waals surface area contributed by atoms with Crippen molar-refractivity contribution in [1.29, 1.82) is 0 Å². The Balaban J connectivity index is 0.000000181. The van der Waals surface area contributed by atoms with Gasteiger partial charge in [-0.05, 0) is 42.4 Å². The van der Waals surface area contributed by atoms with E-state index >= 15 is 0 Å². The molecule has 5 atom stereocenters.